The first-order valence-electron chi connectivity index (χ1n) is 7.76. The number of aromatic nitrogens is 2. The molecule has 0 atom stereocenters. The minimum absolute atomic E-state index is 0.260. The van der Waals surface area contributed by atoms with Crippen LogP contribution in [0, 0.1) is 0 Å². The Morgan fingerprint density at radius 1 is 1.08 bits per heavy atom. The van der Waals surface area contributed by atoms with Crippen LogP contribution in [0.2, 0.25) is 0 Å². The summed E-state index contributed by atoms with van der Waals surface area (Å²) in [4.78, 5) is 20.3. The highest BCUT2D eigenvalue weighted by molar-refractivity contribution is 5.92. The number of hydrogen-bond acceptors (Lipinski definition) is 7. The Balaban J connectivity index is 1.97. The summed E-state index contributed by atoms with van der Waals surface area (Å²) in [5, 5.41) is 5.86. The number of hydrogen-bond donors (Lipinski definition) is 2. The van der Waals surface area contributed by atoms with Gasteiger partial charge in [0.2, 0.25) is 0 Å². The summed E-state index contributed by atoms with van der Waals surface area (Å²) >= 11 is 0. The van der Waals surface area contributed by atoms with Gasteiger partial charge < -0.3 is 24.8 Å². The number of ether oxygens (including phenoxy) is 3. The standard InChI is InChI=1S/C17H22N4O4/c1-23-8-4-7-18-17(22)13-10-20-16(11-19-13)21-12-5-6-14(24-2)15(9-12)25-3/h5-6,9-11H,4,7-8H2,1-3H3,(H,18,22)(H,20,21). The Morgan fingerprint density at radius 3 is 2.52 bits per heavy atom. The summed E-state index contributed by atoms with van der Waals surface area (Å²) in [5.41, 5.74) is 1.03. The van der Waals surface area contributed by atoms with Crippen molar-refractivity contribution in [3.63, 3.8) is 0 Å². The summed E-state index contributed by atoms with van der Waals surface area (Å²) in [6.07, 6.45) is 3.67. The zero-order valence-electron chi connectivity index (χ0n) is 14.5. The number of nitrogens with one attached hydrogen (secondary N) is 2. The van der Waals surface area contributed by atoms with Crippen LogP contribution in [0.4, 0.5) is 11.5 Å². The van der Waals surface area contributed by atoms with Crippen molar-refractivity contribution >= 4 is 17.4 Å². The van der Waals surface area contributed by atoms with E-state index in [1.807, 2.05) is 6.07 Å². The van der Waals surface area contributed by atoms with Crippen LogP contribution in [0.3, 0.4) is 0 Å². The monoisotopic (exact) mass is 346 g/mol. The van der Waals surface area contributed by atoms with E-state index in [2.05, 4.69) is 20.6 Å². The van der Waals surface area contributed by atoms with Crippen LogP contribution in [0.5, 0.6) is 11.5 Å². The van der Waals surface area contributed by atoms with Crippen molar-refractivity contribution in [2.75, 3.05) is 39.8 Å². The fourth-order valence-corrected chi connectivity index (χ4v) is 2.08. The third-order valence-electron chi connectivity index (χ3n) is 3.35. The maximum absolute atomic E-state index is 11.9. The highest BCUT2D eigenvalue weighted by atomic mass is 16.5. The van der Waals surface area contributed by atoms with E-state index in [-0.39, 0.29) is 11.6 Å². The Kier molecular flexibility index (Phi) is 6.97. The van der Waals surface area contributed by atoms with Gasteiger partial charge >= 0.3 is 0 Å². The van der Waals surface area contributed by atoms with Crippen molar-refractivity contribution in [1.29, 1.82) is 0 Å². The first-order chi connectivity index (χ1) is 12.2. The number of nitrogens with zero attached hydrogens (tertiary/aromatic N) is 2. The van der Waals surface area contributed by atoms with Gasteiger partial charge in [0.15, 0.2) is 11.5 Å². The van der Waals surface area contributed by atoms with Crippen LogP contribution >= 0.6 is 0 Å². The van der Waals surface area contributed by atoms with Gasteiger partial charge in [0, 0.05) is 32.0 Å². The molecule has 0 aliphatic heterocycles. The van der Waals surface area contributed by atoms with E-state index < -0.39 is 0 Å². The molecule has 8 heteroatoms. The van der Waals surface area contributed by atoms with Gasteiger partial charge in [-0.25, -0.2) is 9.97 Å². The lowest BCUT2D eigenvalue weighted by atomic mass is 10.2. The van der Waals surface area contributed by atoms with Gasteiger partial charge in [-0.3, -0.25) is 4.79 Å². The van der Waals surface area contributed by atoms with Crippen LogP contribution in [0.15, 0.2) is 30.6 Å². The fraction of sp³-hybridized carbons (Fsp3) is 0.353. The second-order valence-corrected chi connectivity index (χ2v) is 5.08. The minimum atomic E-state index is -0.263. The number of carbonyl (C=O) groups excluding carboxylic acids is 1. The van der Waals surface area contributed by atoms with E-state index in [1.165, 1.54) is 12.4 Å². The Labute approximate surface area is 146 Å². The molecule has 1 amide bonds. The quantitative estimate of drug-likeness (QED) is 0.671. The van der Waals surface area contributed by atoms with E-state index in [0.29, 0.717) is 30.5 Å². The van der Waals surface area contributed by atoms with E-state index >= 15 is 0 Å². The molecule has 8 nitrogen and oxygen atoms in total. The summed E-state index contributed by atoms with van der Waals surface area (Å²) in [6.45, 7) is 1.13. The molecule has 0 unspecified atom stereocenters. The van der Waals surface area contributed by atoms with Crippen molar-refractivity contribution in [2.24, 2.45) is 0 Å². The lowest BCUT2D eigenvalue weighted by Gasteiger charge is -2.11. The number of rotatable bonds is 9. The number of carbonyl (C=O) groups is 1. The third kappa shape index (κ3) is 5.32. The number of anilines is 2. The molecule has 0 spiro atoms. The predicted octanol–water partition coefficient (Wildman–Crippen LogP) is 2.00. The number of amides is 1. The Hall–Kier alpha value is -2.87. The predicted molar refractivity (Wildman–Crippen MR) is 93.7 cm³/mol. The zero-order valence-corrected chi connectivity index (χ0v) is 14.5. The van der Waals surface area contributed by atoms with Crippen LogP contribution in [-0.2, 0) is 4.74 Å². The maximum Gasteiger partial charge on any atom is 0.271 e. The maximum atomic E-state index is 11.9. The van der Waals surface area contributed by atoms with Crippen LogP contribution < -0.4 is 20.1 Å². The molecule has 0 aliphatic rings. The molecular weight excluding hydrogens is 324 g/mol. The Bertz CT molecular complexity index is 692. The summed E-state index contributed by atoms with van der Waals surface area (Å²) in [7, 11) is 4.77. The first kappa shape index (κ1) is 18.5. The number of benzene rings is 1. The molecule has 2 aromatic rings. The summed E-state index contributed by atoms with van der Waals surface area (Å²) < 4.78 is 15.4. The SMILES string of the molecule is COCCCNC(=O)c1cnc(Nc2ccc(OC)c(OC)c2)cn1. The highest BCUT2D eigenvalue weighted by Crippen LogP contribution is 2.30. The molecule has 0 radical (unpaired) electrons. The molecule has 25 heavy (non-hydrogen) atoms. The molecule has 134 valence electrons. The molecule has 0 saturated heterocycles. The molecular formula is C17H22N4O4. The van der Waals surface area contributed by atoms with Crippen molar-refractivity contribution in [3.8, 4) is 11.5 Å². The van der Waals surface area contributed by atoms with Gasteiger partial charge in [-0.2, -0.15) is 0 Å². The fourth-order valence-electron chi connectivity index (χ4n) is 2.08. The minimum Gasteiger partial charge on any atom is -0.493 e. The smallest absolute Gasteiger partial charge is 0.271 e. The molecule has 2 rings (SSSR count). The summed E-state index contributed by atoms with van der Waals surface area (Å²) in [6, 6.07) is 5.41. The molecule has 1 aromatic heterocycles. The van der Waals surface area contributed by atoms with Gasteiger partial charge in [-0.15, -0.1) is 0 Å². The van der Waals surface area contributed by atoms with Crippen LogP contribution in [0.25, 0.3) is 0 Å². The third-order valence-corrected chi connectivity index (χ3v) is 3.35. The molecule has 0 fully saturated rings. The lowest BCUT2D eigenvalue weighted by Crippen LogP contribution is -2.26. The van der Waals surface area contributed by atoms with Crippen LogP contribution in [-0.4, -0.2) is 50.4 Å². The summed E-state index contributed by atoms with van der Waals surface area (Å²) in [5.74, 6) is 1.50. The molecule has 1 heterocycles. The van der Waals surface area contributed by atoms with E-state index in [4.69, 9.17) is 14.2 Å². The first-order valence-corrected chi connectivity index (χ1v) is 7.76. The second-order valence-electron chi connectivity index (χ2n) is 5.08. The van der Waals surface area contributed by atoms with Crippen molar-refractivity contribution in [2.45, 2.75) is 6.42 Å². The van der Waals surface area contributed by atoms with Gasteiger partial charge in [0.05, 0.1) is 26.6 Å². The van der Waals surface area contributed by atoms with Gasteiger partial charge in [0.1, 0.15) is 11.5 Å². The molecule has 0 aliphatic carbocycles. The Morgan fingerprint density at radius 2 is 1.88 bits per heavy atom. The molecule has 0 saturated carbocycles. The largest absolute Gasteiger partial charge is 0.493 e. The lowest BCUT2D eigenvalue weighted by molar-refractivity contribution is 0.0943. The average Bonchev–Trinajstić information content (AvgIpc) is 2.65. The van der Waals surface area contributed by atoms with Crippen molar-refractivity contribution in [1.82, 2.24) is 15.3 Å². The normalized spacial score (nSPS) is 10.2. The van der Waals surface area contributed by atoms with E-state index in [1.54, 1.807) is 33.5 Å². The number of methoxy groups -OCH3 is 3. The van der Waals surface area contributed by atoms with Crippen molar-refractivity contribution in [3.05, 3.63) is 36.3 Å². The second kappa shape index (κ2) is 9.43. The molecule has 1 aromatic carbocycles. The molecule has 2 N–H and O–H groups in total. The van der Waals surface area contributed by atoms with Gasteiger partial charge in [0.25, 0.3) is 5.91 Å². The van der Waals surface area contributed by atoms with E-state index in [0.717, 1.165) is 12.1 Å². The van der Waals surface area contributed by atoms with E-state index in [9.17, 15) is 4.79 Å². The highest BCUT2D eigenvalue weighted by Gasteiger charge is 2.08. The van der Waals surface area contributed by atoms with Gasteiger partial charge in [-0.1, -0.05) is 0 Å². The van der Waals surface area contributed by atoms with Crippen LogP contribution in [0.1, 0.15) is 16.9 Å². The average molecular weight is 346 g/mol. The zero-order chi connectivity index (χ0) is 18.1. The van der Waals surface area contributed by atoms with Crippen molar-refractivity contribution < 1.29 is 19.0 Å². The molecule has 0 bridgehead atoms. The topological polar surface area (TPSA) is 94.6 Å². The van der Waals surface area contributed by atoms with Gasteiger partial charge in [-0.05, 0) is 18.6 Å².